The van der Waals surface area contributed by atoms with Crippen LogP contribution in [0.5, 0.6) is 11.6 Å². The molecule has 18 heavy (non-hydrogen) atoms. The van der Waals surface area contributed by atoms with Crippen molar-refractivity contribution in [3.05, 3.63) is 48.2 Å². The number of carbonyl (C=O) groups is 1. The SMILES string of the molecule is CC(=O)Cc1ccc(Oc2ccc(N)cn2)cc1. The van der Waals surface area contributed by atoms with Crippen molar-refractivity contribution in [1.29, 1.82) is 0 Å². The fourth-order valence-electron chi connectivity index (χ4n) is 1.54. The maximum Gasteiger partial charge on any atom is 0.219 e. The molecule has 0 aliphatic heterocycles. The van der Waals surface area contributed by atoms with E-state index in [2.05, 4.69) is 4.98 Å². The van der Waals surface area contributed by atoms with Crippen molar-refractivity contribution in [2.75, 3.05) is 5.73 Å². The number of ether oxygens (including phenoxy) is 1. The number of nitrogen functional groups attached to an aromatic ring is 1. The van der Waals surface area contributed by atoms with Gasteiger partial charge in [-0.25, -0.2) is 4.98 Å². The Morgan fingerprint density at radius 1 is 1.22 bits per heavy atom. The first kappa shape index (κ1) is 12.1. The lowest BCUT2D eigenvalue weighted by Crippen LogP contribution is -1.96. The molecule has 2 N–H and O–H groups in total. The molecule has 0 fully saturated rings. The highest BCUT2D eigenvalue weighted by molar-refractivity contribution is 5.78. The molecule has 92 valence electrons. The minimum Gasteiger partial charge on any atom is -0.439 e. The van der Waals surface area contributed by atoms with Crippen LogP contribution in [-0.2, 0) is 11.2 Å². The first-order valence-corrected chi connectivity index (χ1v) is 5.61. The van der Waals surface area contributed by atoms with E-state index in [-0.39, 0.29) is 5.78 Å². The number of pyridine rings is 1. The number of rotatable bonds is 4. The van der Waals surface area contributed by atoms with Crippen LogP contribution in [-0.4, -0.2) is 10.8 Å². The predicted molar refractivity (Wildman–Crippen MR) is 69.6 cm³/mol. The number of nitrogens with zero attached hydrogens (tertiary/aromatic N) is 1. The third kappa shape index (κ3) is 3.31. The number of nitrogens with two attached hydrogens (primary N) is 1. The van der Waals surface area contributed by atoms with Gasteiger partial charge >= 0.3 is 0 Å². The van der Waals surface area contributed by atoms with Crippen LogP contribution in [0.2, 0.25) is 0 Å². The van der Waals surface area contributed by atoms with E-state index in [1.165, 1.54) is 0 Å². The minimum absolute atomic E-state index is 0.142. The number of aromatic nitrogens is 1. The van der Waals surface area contributed by atoms with E-state index >= 15 is 0 Å². The van der Waals surface area contributed by atoms with E-state index < -0.39 is 0 Å². The molecule has 1 heterocycles. The fourth-order valence-corrected chi connectivity index (χ4v) is 1.54. The van der Waals surface area contributed by atoms with E-state index in [0.29, 0.717) is 23.7 Å². The molecular weight excluding hydrogens is 228 g/mol. The first-order chi connectivity index (χ1) is 8.63. The van der Waals surface area contributed by atoms with Crippen LogP contribution >= 0.6 is 0 Å². The Balaban J connectivity index is 2.06. The van der Waals surface area contributed by atoms with Gasteiger partial charge in [-0.05, 0) is 30.7 Å². The zero-order valence-electron chi connectivity index (χ0n) is 10.1. The summed E-state index contributed by atoms with van der Waals surface area (Å²) >= 11 is 0. The number of benzene rings is 1. The van der Waals surface area contributed by atoms with E-state index in [9.17, 15) is 4.79 Å². The van der Waals surface area contributed by atoms with Gasteiger partial charge in [0.25, 0.3) is 0 Å². The Bertz CT molecular complexity index is 533. The third-order valence-electron chi connectivity index (χ3n) is 2.36. The molecule has 0 atom stereocenters. The Hall–Kier alpha value is -2.36. The van der Waals surface area contributed by atoms with Gasteiger partial charge in [-0.1, -0.05) is 12.1 Å². The van der Waals surface area contributed by atoms with Crippen molar-refractivity contribution >= 4 is 11.5 Å². The molecule has 0 saturated heterocycles. The zero-order valence-corrected chi connectivity index (χ0v) is 10.1. The summed E-state index contributed by atoms with van der Waals surface area (Å²) in [4.78, 5) is 15.0. The summed E-state index contributed by atoms with van der Waals surface area (Å²) in [6.07, 6.45) is 1.99. The molecule has 0 spiro atoms. The van der Waals surface area contributed by atoms with Crippen molar-refractivity contribution in [3.8, 4) is 11.6 Å². The number of anilines is 1. The minimum atomic E-state index is 0.142. The molecule has 2 aromatic rings. The molecule has 0 aliphatic carbocycles. The van der Waals surface area contributed by atoms with Gasteiger partial charge in [-0.2, -0.15) is 0 Å². The van der Waals surface area contributed by atoms with Crippen LogP contribution in [0, 0.1) is 0 Å². The predicted octanol–water partition coefficient (Wildman–Crippen LogP) is 2.59. The topological polar surface area (TPSA) is 65.2 Å². The Morgan fingerprint density at radius 3 is 2.50 bits per heavy atom. The second kappa shape index (κ2) is 5.31. The van der Waals surface area contributed by atoms with Crippen LogP contribution in [0.25, 0.3) is 0 Å². The Kier molecular flexibility index (Phi) is 3.57. The lowest BCUT2D eigenvalue weighted by molar-refractivity contribution is -0.116. The normalized spacial score (nSPS) is 10.1. The smallest absolute Gasteiger partial charge is 0.219 e. The van der Waals surface area contributed by atoms with E-state index in [0.717, 1.165) is 5.56 Å². The van der Waals surface area contributed by atoms with E-state index in [1.54, 1.807) is 25.3 Å². The van der Waals surface area contributed by atoms with Gasteiger partial charge < -0.3 is 10.5 Å². The monoisotopic (exact) mass is 242 g/mol. The number of carbonyl (C=O) groups excluding carboxylic acids is 1. The lowest BCUT2D eigenvalue weighted by atomic mass is 10.1. The molecule has 2 rings (SSSR count). The summed E-state index contributed by atoms with van der Waals surface area (Å²) in [6.45, 7) is 1.57. The van der Waals surface area contributed by atoms with Gasteiger partial charge in [0, 0.05) is 12.5 Å². The number of Topliss-reactive ketones (excluding diaryl/α,β-unsaturated/α-hetero) is 1. The van der Waals surface area contributed by atoms with Gasteiger partial charge in [0.2, 0.25) is 5.88 Å². The summed E-state index contributed by atoms with van der Waals surface area (Å²) in [5.41, 5.74) is 7.11. The highest BCUT2D eigenvalue weighted by Gasteiger charge is 2.00. The highest BCUT2D eigenvalue weighted by Crippen LogP contribution is 2.20. The first-order valence-electron chi connectivity index (χ1n) is 5.61. The average Bonchev–Trinajstić information content (AvgIpc) is 2.34. The van der Waals surface area contributed by atoms with Gasteiger partial charge in [0.05, 0.1) is 11.9 Å². The summed E-state index contributed by atoms with van der Waals surface area (Å²) < 4.78 is 5.54. The van der Waals surface area contributed by atoms with Crippen LogP contribution in [0.15, 0.2) is 42.6 Å². The number of ketones is 1. The van der Waals surface area contributed by atoms with Crippen molar-refractivity contribution < 1.29 is 9.53 Å². The third-order valence-corrected chi connectivity index (χ3v) is 2.36. The maximum atomic E-state index is 11.0. The molecule has 4 nitrogen and oxygen atoms in total. The van der Waals surface area contributed by atoms with Gasteiger partial charge in [0.15, 0.2) is 0 Å². The fraction of sp³-hybridized carbons (Fsp3) is 0.143. The largest absolute Gasteiger partial charge is 0.439 e. The second-order valence-corrected chi connectivity index (χ2v) is 4.05. The zero-order chi connectivity index (χ0) is 13.0. The number of hydrogen-bond acceptors (Lipinski definition) is 4. The molecule has 0 unspecified atom stereocenters. The maximum absolute atomic E-state index is 11.0. The summed E-state index contributed by atoms with van der Waals surface area (Å²) in [6, 6.07) is 10.8. The average molecular weight is 242 g/mol. The summed E-state index contributed by atoms with van der Waals surface area (Å²) in [7, 11) is 0. The molecular formula is C14H14N2O2. The molecule has 0 amide bonds. The van der Waals surface area contributed by atoms with Crippen molar-refractivity contribution in [3.63, 3.8) is 0 Å². The van der Waals surface area contributed by atoms with Gasteiger partial charge in [-0.15, -0.1) is 0 Å². The second-order valence-electron chi connectivity index (χ2n) is 4.05. The molecule has 1 aromatic heterocycles. The van der Waals surface area contributed by atoms with Crippen LogP contribution in [0.1, 0.15) is 12.5 Å². The molecule has 0 saturated carbocycles. The van der Waals surface area contributed by atoms with E-state index in [1.807, 2.05) is 24.3 Å². The van der Waals surface area contributed by atoms with Gasteiger partial charge in [0.1, 0.15) is 11.5 Å². The van der Waals surface area contributed by atoms with Crippen molar-refractivity contribution in [2.24, 2.45) is 0 Å². The summed E-state index contributed by atoms with van der Waals surface area (Å²) in [5, 5.41) is 0. The van der Waals surface area contributed by atoms with Crippen LogP contribution in [0.4, 0.5) is 5.69 Å². The molecule has 1 aromatic carbocycles. The standard InChI is InChI=1S/C14H14N2O2/c1-10(17)8-11-2-5-13(6-3-11)18-14-7-4-12(15)9-16-14/h2-7,9H,8,15H2,1H3. The van der Waals surface area contributed by atoms with Crippen LogP contribution in [0.3, 0.4) is 0 Å². The lowest BCUT2D eigenvalue weighted by Gasteiger charge is -2.05. The summed E-state index contributed by atoms with van der Waals surface area (Å²) in [5.74, 6) is 1.31. The molecule has 0 aliphatic rings. The molecule has 0 radical (unpaired) electrons. The number of hydrogen-bond donors (Lipinski definition) is 1. The van der Waals surface area contributed by atoms with Crippen LogP contribution < -0.4 is 10.5 Å². The molecule has 0 bridgehead atoms. The molecule has 4 heteroatoms. The van der Waals surface area contributed by atoms with Gasteiger partial charge in [-0.3, -0.25) is 4.79 Å². The Morgan fingerprint density at radius 2 is 1.94 bits per heavy atom. The van der Waals surface area contributed by atoms with Crippen molar-refractivity contribution in [2.45, 2.75) is 13.3 Å². The Labute approximate surface area is 105 Å². The van der Waals surface area contributed by atoms with E-state index in [4.69, 9.17) is 10.5 Å². The quantitative estimate of drug-likeness (QED) is 0.894. The highest BCUT2D eigenvalue weighted by atomic mass is 16.5. The van der Waals surface area contributed by atoms with Crippen molar-refractivity contribution in [1.82, 2.24) is 4.98 Å².